The van der Waals surface area contributed by atoms with Gasteiger partial charge < -0.3 is 20.7 Å². The highest BCUT2D eigenvalue weighted by molar-refractivity contribution is 5.94. The second-order valence-corrected chi connectivity index (χ2v) is 5.22. The minimum Gasteiger partial charge on any atom is -0.466 e. The van der Waals surface area contributed by atoms with Crippen molar-refractivity contribution in [3.63, 3.8) is 0 Å². The van der Waals surface area contributed by atoms with Crippen molar-refractivity contribution in [3.8, 4) is 0 Å². The van der Waals surface area contributed by atoms with Crippen LogP contribution in [0.1, 0.15) is 37.0 Å². The van der Waals surface area contributed by atoms with Crippen LogP contribution in [0.25, 0.3) is 0 Å². The first-order chi connectivity index (χ1) is 11.1. The third-order valence-corrected chi connectivity index (χ3v) is 3.49. The van der Waals surface area contributed by atoms with Crippen molar-refractivity contribution in [2.45, 2.75) is 26.7 Å². The number of carbonyl (C=O) groups is 2. The number of esters is 1. The van der Waals surface area contributed by atoms with E-state index in [2.05, 4.69) is 17.1 Å². The molecule has 0 atom stereocenters. The Morgan fingerprint density at radius 1 is 1.17 bits per heavy atom. The molecule has 1 aromatic carbocycles. The molecule has 1 aromatic rings. The molecule has 23 heavy (non-hydrogen) atoms. The first-order valence-electron chi connectivity index (χ1n) is 8.08. The number of hydrogen-bond donors (Lipinski definition) is 2. The molecule has 0 saturated carbocycles. The zero-order valence-corrected chi connectivity index (χ0v) is 14.0. The van der Waals surface area contributed by atoms with E-state index in [1.54, 1.807) is 31.2 Å². The molecular formula is C17H27N3O3. The number of benzene rings is 1. The van der Waals surface area contributed by atoms with Crippen LogP contribution in [0.4, 0.5) is 5.69 Å². The molecule has 0 aliphatic rings. The first-order valence-corrected chi connectivity index (χ1v) is 8.08. The first kappa shape index (κ1) is 19.0. The smallest absolute Gasteiger partial charge is 0.305 e. The van der Waals surface area contributed by atoms with Gasteiger partial charge in [-0.25, -0.2) is 0 Å². The molecule has 0 aliphatic heterocycles. The fourth-order valence-corrected chi connectivity index (χ4v) is 2.17. The van der Waals surface area contributed by atoms with E-state index in [0.29, 0.717) is 30.8 Å². The number of amides is 1. The van der Waals surface area contributed by atoms with Crippen molar-refractivity contribution >= 4 is 17.6 Å². The van der Waals surface area contributed by atoms with Gasteiger partial charge in [0.1, 0.15) is 0 Å². The molecule has 0 saturated heterocycles. The highest BCUT2D eigenvalue weighted by atomic mass is 16.5. The number of nitrogen functional groups attached to an aromatic ring is 1. The lowest BCUT2D eigenvalue weighted by atomic mass is 10.2. The van der Waals surface area contributed by atoms with Gasteiger partial charge in [0.15, 0.2) is 0 Å². The van der Waals surface area contributed by atoms with E-state index in [9.17, 15) is 9.59 Å². The molecule has 6 nitrogen and oxygen atoms in total. The Bertz CT molecular complexity index is 488. The Morgan fingerprint density at radius 2 is 1.87 bits per heavy atom. The van der Waals surface area contributed by atoms with E-state index in [-0.39, 0.29) is 11.9 Å². The van der Waals surface area contributed by atoms with Crippen molar-refractivity contribution in [2.75, 3.05) is 38.5 Å². The number of nitrogens with two attached hydrogens (primary N) is 1. The van der Waals surface area contributed by atoms with Gasteiger partial charge in [0, 0.05) is 30.8 Å². The van der Waals surface area contributed by atoms with Gasteiger partial charge in [-0.15, -0.1) is 0 Å². The van der Waals surface area contributed by atoms with Crippen LogP contribution in [0.15, 0.2) is 24.3 Å². The second-order valence-electron chi connectivity index (χ2n) is 5.22. The second kappa shape index (κ2) is 10.6. The Balaban J connectivity index is 2.25. The molecule has 0 bridgehead atoms. The normalized spacial score (nSPS) is 10.6. The maximum Gasteiger partial charge on any atom is 0.305 e. The number of carbonyl (C=O) groups excluding carboxylic acids is 2. The predicted molar refractivity (Wildman–Crippen MR) is 91.2 cm³/mol. The minimum absolute atomic E-state index is 0.104. The monoisotopic (exact) mass is 321 g/mol. The summed E-state index contributed by atoms with van der Waals surface area (Å²) in [5, 5.41) is 2.89. The van der Waals surface area contributed by atoms with Crippen LogP contribution in [0, 0.1) is 0 Å². The molecule has 0 radical (unpaired) electrons. The number of anilines is 1. The molecule has 0 heterocycles. The molecule has 6 heteroatoms. The summed E-state index contributed by atoms with van der Waals surface area (Å²) >= 11 is 0. The van der Waals surface area contributed by atoms with Crippen LogP contribution < -0.4 is 11.1 Å². The molecule has 0 aromatic heterocycles. The van der Waals surface area contributed by atoms with Crippen LogP contribution in [-0.4, -0.2) is 49.6 Å². The zero-order valence-electron chi connectivity index (χ0n) is 14.0. The summed E-state index contributed by atoms with van der Waals surface area (Å²) in [6, 6.07) is 6.84. The van der Waals surface area contributed by atoms with Gasteiger partial charge in [-0.3, -0.25) is 9.59 Å². The van der Waals surface area contributed by atoms with Crippen molar-refractivity contribution in [3.05, 3.63) is 29.8 Å². The van der Waals surface area contributed by atoms with Gasteiger partial charge in [0.25, 0.3) is 5.91 Å². The molecular weight excluding hydrogens is 294 g/mol. The lowest BCUT2D eigenvalue weighted by molar-refractivity contribution is -0.143. The maximum absolute atomic E-state index is 12.0. The Labute approximate surface area is 138 Å². The van der Waals surface area contributed by atoms with Gasteiger partial charge in [0.05, 0.1) is 6.61 Å². The van der Waals surface area contributed by atoms with Crippen LogP contribution in [0.5, 0.6) is 0 Å². The average Bonchev–Trinajstić information content (AvgIpc) is 2.54. The Hall–Kier alpha value is -2.08. The fourth-order valence-electron chi connectivity index (χ4n) is 2.17. The van der Waals surface area contributed by atoms with E-state index in [0.717, 1.165) is 26.1 Å². The zero-order chi connectivity index (χ0) is 17.1. The van der Waals surface area contributed by atoms with Gasteiger partial charge in [-0.05, 0) is 50.7 Å². The van der Waals surface area contributed by atoms with E-state index in [4.69, 9.17) is 10.5 Å². The van der Waals surface area contributed by atoms with E-state index in [1.165, 1.54) is 0 Å². The van der Waals surface area contributed by atoms with E-state index >= 15 is 0 Å². The van der Waals surface area contributed by atoms with Crippen molar-refractivity contribution in [1.82, 2.24) is 10.2 Å². The Morgan fingerprint density at radius 3 is 2.48 bits per heavy atom. The standard InChI is InChI=1S/C17H27N3O3/c1-3-20(12-5-6-16(21)23-4-2)13-11-19-17(22)14-7-9-15(18)10-8-14/h7-10H,3-6,11-13,18H2,1-2H3,(H,19,22). The quantitative estimate of drug-likeness (QED) is 0.506. The van der Waals surface area contributed by atoms with Gasteiger partial charge in [-0.1, -0.05) is 6.92 Å². The third-order valence-electron chi connectivity index (χ3n) is 3.49. The van der Waals surface area contributed by atoms with Crippen molar-refractivity contribution in [2.24, 2.45) is 0 Å². The van der Waals surface area contributed by atoms with Gasteiger partial charge >= 0.3 is 5.97 Å². The molecule has 3 N–H and O–H groups in total. The molecule has 1 amide bonds. The topological polar surface area (TPSA) is 84.7 Å². The van der Waals surface area contributed by atoms with Crippen LogP contribution in [0.3, 0.4) is 0 Å². The highest BCUT2D eigenvalue weighted by Gasteiger charge is 2.08. The number of ether oxygens (including phenoxy) is 1. The van der Waals surface area contributed by atoms with Crippen LogP contribution in [-0.2, 0) is 9.53 Å². The van der Waals surface area contributed by atoms with Crippen LogP contribution >= 0.6 is 0 Å². The van der Waals surface area contributed by atoms with Crippen molar-refractivity contribution in [1.29, 1.82) is 0 Å². The Kier molecular flexibility index (Phi) is 8.75. The maximum atomic E-state index is 12.0. The number of hydrogen-bond acceptors (Lipinski definition) is 5. The fraction of sp³-hybridized carbons (Fsp3) is 0.529. The summed E-state index contributed by atoms with van der Waals surface area (Å²) in [5.74, 6) is -0.257. The summed E-state index contributed by atoms with van der Waals surface area (Å²) in [6.07, 6.45) is 1.20. The summed E-state index contributed by atoms with van der Waals surface area (Å²) in [4.78, 5) is 25.5. The van der Waals surface area contributed by atoms with Crippen molar-refractivity contribution < 1.29 is 14.3 Å². The molecule has 0 unspecified atom stereocenters. The molecule has 0 fully saturated rings. The molecule has 128 valence electrons. The van der Waals surface area contributed by atoms with Gasteiger partial charge in [-0.2, -0.15) is 0 Å². The largest absolute Gasteiger partial charge is 0.466 e. The summed E-state index contributed by atoms with van der Waals surface area (Å²) in [5.41, 5.74) is 6.84. The number of nitrogens with zero attached hydrogens (tertiary/aromatic N) is 1. The third kappa shape index (κ3) is 7.65. The van der Waals surface area contributed by atoms with E-state index < -0.39 is 0 Å². The molecule has 0 spiro atoms. The lowest BCUT2D eigenvalue weighted by Gasteiger charge is -2.20. The SMILES string of the molecule is CCOC(=O)CCCN(CC)CCNC(=O)c1ccc(N)cc1. The number of nitrogens with one attached hydrogen (secondary N) is 1. The predicted octanol–water partition coefficient (Wildman–Crippen LogP) is 1.66. The van der Waals surface area contributed by atoms with Gasteiger partial charge in [0.2, 0.25) is 0 Å². The lowest BCUT2D eigenvalue weighted by Crippen LogP contribution is -2.35. The molecule has 0 aliphatic carbocycles. The summed E-state index contributed by atoms with van der Waals surface area (Å²) in [6.45, 7) is 7.30. The van der Waals surface area contributed by atoms with E-state index in [1.807, 2.05) is 0 Å². The average molecular weight is 321 g/mol. The summed E-state index contributed by atoms with van der Waals surface area (Å²) in [7, 11) is 0. The minimum atomic E-state index is -0.153. The highest BCUT2D eigenvalue weighted by Crippen LogP contribution is 2.05. The molecule has 1 rings (SSSR count). The summed E-state index contributed by atoms with van der Waals surface area (Å²) < 4.78 is 4.90. The number of rotatable bonds is 10. The number of likely N-dealkylation sites (N-methyl/N-ethyl adjacent to an activating group) is 1. The van der Waals surface area contributed by atoms with Crippen LogP contribution in [0.2, 0.25) is 0 Å².